The van der Waals surface area contributed by atoms with Crippen LogP contribution in [0.2, 0.25) is 0 Å². The number of rotatable bonds is 5. The Balaban J connectivity index is 5.17. The first-order chi connectivity index (χ1) is 6.93. The maximum absolute atomic E-state index is 4.08. The lowest BCUT2D eigenvalue weighted by Gasteiger charge is -2.12. The van der Waals surface area contributed by atoms with Gasteiger partial charge in [-0.25, -0.2) is 0 Å². The number of hydrogen-bond donors (Lipinski definition) is 0. The maximum Gasteiger partial charge on any atom is -0.0162 e. The van der Waals surface area contributed by atoms with E-state index in [0.29, 0.717) is 0 Å². The van der Waals surface area contributed by atoms with Crippen LogP contribution < -0.4 is 0 Å². The van der Waals surface area contributed by atoms with Crippen molar-refractivity contribution in [2.45, 2.75) is 34.1 Å². The largest absolute Gasteiger partial charge is 0.0955 e. The fourth-order valence-electron chi connectivity index (χ4n) is 1.18. The molecular weight excluding hydrogens is 180 g/mol. The molecule has 0 aliphatic carbocycles. The maximum atomic E-state index is 4.08. The van der Waals surface area contributed by atoms with Gasteiger partial charge in [-0.15, -0.1) is 0 Å². The first-order valence-electron chi connectivity index (χ1n) is 5.31. The highest BCUT2D eigenvalue weighted by molar-refractivity contribution is 5.54. The Morgan fingerprint density at radius 1 is 1.13 bits per heavy atom. The summed E-state index contributed by atoms with van der Waals surface area (Å²) in [5, 5.41) is 0. The van der Waals surface area contributed by atoms with Gasteiger partial charge < -0.3 is 0 Å². The van der Waals surface area contributed by atoms with Gasteiger partial charge in [0.05, 0.1) is 0 Å². The van der Waals surface area contributed by atoms with E-state index in [1.165, 1.54) is 5.57 Å². The Morgan fingerprint density at radius 2 is 1.67 bits per heavy atom. The quantitative estimate of drug-likeness (QED) is 0.552. The van der Waals surface area contributed by atoms with E-state index in [2.05, 4.69) is 45.7 Å². The highest BCUT2D eigenvalue weighted by Crippen LogP contribution is 2.25. The van der Waals surface area contributed by atoms with Crippen molar-refractivity contribution in [3.8, 4) is 0 Å². The highest BCUT2D eigenvalue weighted by atomic mass is 14.1. The van der Waals surface area contributed by atoms with Gasteiger partial charge in [-0.1, -0.05) is 50.0 Å². The molecule has 0 N–H and O–H groups in total. The van der Waals surface area contributed by atoms with Crippen LogP contribution in [-0.4, -0.2) is 0 Å². The second kappa shape index (κ2) is 6.23. The summed E-state index contributed by atoms with van der Waals surface area (Å²) >= 11 is 0. The monoisotopic (exact) mass is 202 g/mol. The van der Waals surface area contributed by atoms with E-state index < -0.39 is 0 Å². The predicted octanol–water partition coefficient (Wildman–Crippen LogP) is 4.98. The summed E-state index contributed by atoms with van der Waals surface area (Å²) in [5.41, 5.74) is 5.45. The summed E-state index contributed by atoms with van der Waals surface area (Å²) in [6.45, 7) is 20.3. The normalized spacial score (nSPS) is 12.5. The second-order valence-electron chi connectivity index (χ2n) is 3.81. The molecule has 0 saturated carbocycles. The molecule has 0 aliphatic heterocycles. The average molecular weight is 202 g/mol. The van der Waals surface area contributed by atoms with Crippen LogP contribution in [0.3, 0.4) is 0 Å². The van der Waals surface area contributed by atoms with Crippen LogP contribution in [-0.2, 0) is 0 Å². The molecule has 0 unspecified atom stereocenters. The molecule has 0 radical (unpaired) electrons. The van der Waals surface area contributed by atoms with Gasteiger partial charge >= 0.3 is 0 Å². The van der Waals surface area contributed by atoms with Crippen molar-refractivity contribution in [1.29, 1.82) is 0 Å². The lowest BCUT2D eigenvalue weighted by Crippen LogP contribution is -1.93. The van der Waals surface area contributed by atoms with Crippen LogP contribution >= 0.6 is 0 Å². The molecule has 0 aromatic carbocycles. The standard InChI is InChI=1S/C15H22/c1-8-12(5)10-15(11(3)4)14(7)13(6)9-2/h8,10H,3,6-7,9H2,1-2,4-5H3/b12-8-,15-10+. The summed E-state index contributed by atoms with van der Waals surface area (Å²) in [7, 11) is 0. The Bertz CT molecular complexity index is 335. The third kappa shape index (κ3) is 4.16. The average Bonchev–Trinajstić information content (AvgIpc) is 2.22. The molecular formula is C15H22. The molecule has 0 aromatic heterocycles. The Labute approximate surface area is 94.4 Å². The lowest BCUT2D eigenvalue weighted by molar-refractivity contribution is 1.12. The van der Waals surface area contributed by atoms with Gasteiger partial charge in [-0.2, -0.15) is 0 Å². The van der Waals surface area contributed by atoms with E-state index >= 15 is 0 Å². The van der Waals surface area contributed by atoms with Gasteiger partial charge in [0.1, 0.15) is 0 Å². The highest BCUT2D eigenvalue weighted by Gasteiger charge is 2.06. The molecule has 0 aliphatic rings. The first-order valence-corrected chi connectivity index (χ1v) is 5.31. The van der Waals surface area contributed by atoms with E-state index in [4.69, 9.17) is 0 Å². The molecule has 0 heteroatoms. The number of allylic oxidation sites excluding steroid dienone is 7. The molecule has 0 rings (SSSR count). The van der Waals surface area contributed by atoms with Crippen LogP contribution in [0, 0.1) is 0 Å². The van der Waals surface area contributed by atoms with E-state index in [1.54, 1.807) is 0 Å². The van der Waals surface area contributed by atoms with Gasteiger partial charge in [0.25, 0.3) is 0 Å². The van der Waals surface area contributed by atoms with Gasteiger partial charge in [0.2, 0.25) is 0 Å². The third-order valence-electron chi connectivity index (χ3n) is 2.47. The van der Waals surface area contributed by atoms with Crippen molar-refractivity contribution in [3.05, 3.63) is 59.8 Å². The van der Waals surface area contributed by atoms with Crippen LogP contribution in [0.1, 0.15) is 34.1 Å². The molecule has 0 atom stereocenters. The fraction of sp³-hybridized carbons (Fsp3) is 0.333. The van der Waals surface area contributed by atoms with E-state index in [1.807, 2.05) is 13.8 Å². The predicted molar refractivity (Wildman–Crippen MR) is 70.9 cm³/mol. The van der Waals surface area contributed by atoms with Crippen molar-refractivity contribution < 1.29 is 0 Å². The van der Waals surface area contributed by atoms with Crippen molar-refractivity contribution in [3.63, 3.8) is 0 Å². The zero-order valence-electron chi connectivity index (χ0n) is 10.5. The molecule has 0 nitrogen and oxygen atoms in total. The molecule has 0 amide bonds. The Hall–Kier alpha value is -1.30. The van der Waals surface area contributed by atoms with Gasteiger partial charge in [0, 0.05) is 0 Å². The molecule has 82 valence electrons. The van der Waals surface area contributed by atoms with Gasteiger partial charge in [-0.05, 0) is 43.9 Å². The lowest BCUT2D eigenvalue weighted by atomic mass is 9.93. The molecule has 0 bridgehead atoms. The second-order valence-corrected chi connectivity index (χ2v) is 3.81. The van der Waals surface area contributed by atoms with Gasteiger partial charge in [0.15, 0.2) is 0 Å². The van der Waals surface area contributed by atoms with E-state index in [9.17, 15) is 0 Å². The molecule has 15 heavy (non-hydrogen) atoms. The minimum absolute atomic E-state index is 0.929. The summed E-state index contributed by atoms with van der Waals surface area (Å²) in [4.78, 5) is 0. The topological polar surface area (TPSA) is 0 Å². The zero-order valence-corrected chi connectivity index (χ0v) is 10.5. The van der Waals surface area contributed by atoms with Crippen molar-refractivity contribution in [2.24, 2.45) is 0 Å². The smallest absolute Gasteiger partial charge is 0.0162 e. The summed E-state index contributed by atoms with van der Waals surface area (Å²) < 4.78 is 0. The minimum atomic E-state index is 0.929. The van der Waals surface area contributed by atoms with Crippen LogP contribution in [0.4, 0.5) is 0 Å². The summed E-state index contributed by atoms with van der Waals surface area (Å²) in [6, 6.07) is 0. The third-order valence-corrected chi connectivity index (χ3v) is 2.47. The molecule has 0 fully saturated rings. The van der Waals surface area contributed by atoms with E-state index in [0.717, 1.165) is 28.7 Å². The van der Waals surface area contributed by atoms with E-state index in [-0.39, 0.29) is 0 Å². The van der Waals surface area contributed by atoms with Crippen LogP contribution in [0.15, 0.2) is 59.8 Å². The van der Waals surface area contributed by atoms with Crippen molar-refractivity contribution in [1.82, 2.24) is 0 Å². The first kappa shape index (κ1) is 13.7. The van der Waals surface area contributed by atoms with Crippen molar-refractivity contribution >= 4 is 0 Å². The minimum Gasteiger partial charge on any atom is -0.0955 e. The Morgan fingerprint density at radius 3 is 2.00 bits per heavy atom. The number of hydrogen-bond acceptors (Lipinski definition) is 0. The SMILES string of the molecule is C=C(CC)C(=C)/C(=C/C(C)=C\C)C(=C)C. The van der Waals surface area contributed by atoms with Gasteiger partial charge in [-0.3, -0.25) is 0 Å². The molecule has 0 aromatic rings. The summed E-state index contributed by atoms with van der Waals surface area (Å²) in [5.74, 6) is 0. The summed E-state index contributed by atoms with van der Waals surface area (Å²) in [6.07, 6.45) is 5.12. The Kier molecular flexibility index (Phi) is 5.69. The molecule has 0 saturated heterocycles. The zero-order chi connectivity index (χ0) is 12.0. The molecule has 0 heterocycles. The van der Waals surface area contributed by atoms with Crippen LogP contribution in [0.25, 0.3) is 0 Å². The van der Waals surface area contributed by atoms with Crippen LogP contribution in [0.5, 0.6) is 0 Å². The van der Waals surface area contributed by atoms with Crippen molar-refractivity contribution in [2.75, 3.05) is 0 Å². The fourth-order valence-corrected chi connectivity index (χ4v) is 1.18. The molecule has 0 spiro atoms.